The van der Waals surface area contributed by atoms with Crippen molar-refractivity contribution in [3.05, 3.63) is 7.43 Å². The fourth-order valence-corrected chi connectivity index (χ4v) is 0.500. The molecule has 0 nitrogen and oxygen atoms in total. The van der Waals surface area contributed by atoms with Gasteiger partial charge in [-0.1, -0.05) is 39.5 Å². The van der Waals surface area contributed by atoms with Crippen molar-refractivity contribution in [2.24, 2.45) is 0 Å². The van der Waals surface area contributed by atoms with Gasteiger partial charge in [-0.2, -0.15) is 0 Å². The molecule has 74 valence electrons. The molecule has 0 aromatic rings. The van der Waals surface area contributed by atoms with Gasteiger partial charge in [0.25, 0.3) is 0 Å². The maximum atomic E-state index is 2.23. The van der Waals surface area contributed by atoms with Crippen LogP contribution in [0.25, 0.3) is 0 Å². The minimum absolute atomic E-state index is 0. The maximum absolute atomic E-state index is 2.23. The molecule has 0 rings (SSSR count). The van der Waals surface area contributed by atoms with Crippen molar-refractivity contribution in [1.29, 1.82) is 0 Å². The fourth-order valence-electron chi connectivity index (χ4n) is 0.500. The summed E-state index contributed by atoms with van der Waals surface area (Å²) in [6, 6.07) is 0. The summed E-state index contributed by atoms with van der Waals surface area (Å²) in [5.74, 6) is 0. The van der Waals surface area contributed by atoms with Crippen molar-refractivity contribution in [3.63, 3.8) is 0 Å². The SMILES string of the molecule is CCCCCC.Cl.Cl.Cl.Cl.[C]. The lowest BCUT2D eigenvalue weighted by Crippen LogP contribution is -1.66. The molecule has 11 heavy (non-hydrogen) atoms. The zero-order valence-electron chi connectivity index (χ0n) is 6.96. The van der Waals surface area contributed by atoms with E-state index in [9.17, 15) is 0 Å². The topological polar surface area (TPSA) is 0 Å². The van der Waals surface area contributed by atoms with Gasteiger partial charge in [0.2, 0.25) is 0 Å². The Morgan fingerprint density at radius 3 is 0.909 bits per heavy atom. The van der Waals surface area contributed by atoms with Crippen molar-refractivity contribution in [2.75, 3.05) is 0 Å². The van der Waals surface area contributed by atoms with Gasteiger partial charge in [-0.15, -0.1) is 49.6 Å². The molecular weight excluding hydrogens is 226 g/mol. The lowest BCUT2D eigenvalue weighted by atomic mass is 10.2. The van der Waals surface area contributed by atoms with Crippen LogP contribution >= 0.6 is 49.6 Å². The van der Waals surface area contributed by atoms with Crippen LogP contribution in [0.4, 0.5) is 0 Å². The molecule has 4 radical (unpaired) electrons. The highest BCUT2D eigenvalue weighted by Gasteiger charge is 1.75. The summed E-state index contributed by atoms with van der Waals surface area (Å²) in [4.78, 5) is 0. The van der Waals surface area contributed by atoms with Gasteiger partial charge in [0.15, 0.2) is 0 Å². The Bertz CT molecular complexity index is 22.4. The van der Waals surface area contributed by atoms with Crippen molar-refractivity contribution in [1.82, 2.24) is 0 Å². The second-order valence-electron chi connectivity index (χ2n) is 1.71. The van der Waals surface area contributed by atoms with Crippen LogP contribution in [0.5, 0.6) is 0 Å². The molecule has 0 amide bonds. The average Bonchev–Trinajstić information content (AvgIpc) is 1.61. The predicted molar refractivity (Wildman–Crippen MR) is 62.1 cm³/mol. The van der Waals surface area contributed by atoms with E-state index < -0.39 is 0 Å². The molecule has 0 fully saturated rings. The molecule has 4 heteroatoms. The normalized spacial score (nSPS) is 4.91. The highest BCUT2D eigenvalue weighted by atomic mass is 35.5. The molecular formula is C7H18Cl4. The molecule has 0 atom stereocenters. The van der Waals surface area contributed by atoms with Crippen LogP contribution in [0.15, 0.2) is 0 Å². The number of hydrogen-bond donors (Lipinski definition) is 0. The van der Waals surface area contributed by atoms with Crippen LogP contribution in [0.3, 0.4) is 0 Å². The molecule has 0 aromatic carbocycles. The summed E-state index contributed by atoms with van der Waals surface area (Å²) in [6.07, 6.45) is 5.54. The average molecular weight is 244 g/mol. The van der Waals surface area contributed by atoms with Crippen LogP contribution in [-0.4, -0.2) is 0 Å². The largest absolute Gasteiger partial charge is 0.147 e. The smallest absolute Gasteiger partial charge is 0 e. The summed E-state index contributed by atoms with van der Waals surface area (Å²) in [5, 5.41) is 0. The van der Waals surface area contributed by atoms with Crippen LogP contribution in [0, 0.1) is 7.43 Å². The highest BCUT2D eigenvalue weighted by molar-refractivity contribution is 5.86. The Labute approximate surface area is 96.5 Å². The second kappa shape index (κ2) is 43.3. The van der Waals surface area contributed by atoms with E-state index in [1.165, 1.54) is 25.7 Å². The molecule has 0 saturated carbocycles. The van der Waals surface area contributed by atoms with Crippen molar-refractivity contribution >= 4 is 49.6 Å². The molecule has 0 aliphatic heterocycles. The molecule has 0 unspecified atom stereocenters. The van der Waals surface area contributed by atoms with Gasteiger partial charge in [0, 0.05) is 7.43 Å². The number of halogens is 4. The second-order valence-corrected chi connectivity index (χ2v) is 1.71. The van der Waals surface area contributed by atoms with Crippen LogP contribution < -0.4 is 0 Å². The first-order valence-corrected chi connectivity index (χ1v) is 2.91. The van der Waals surface area contributed by atoms with E-state index in [1.807, 2.05) is 0 Å². The van der Waals surface area contributed by atoms with E-state index in [4.69, 9.17) is 0 Å². The first-order chi connectivity index (χ1) is 2.91. The minimum Gasteiger partial charge on any atom is -0.147 e. The minimum atomic E-state index is 0. The van der Waals surface area contributed by atoms with Crippen molar-refractivity contribution in [3.8, 4) is 0 Å². The third kappa shape index (κ3) is 54.1. The molecule has 0 saturated heterocycles. The number of hydrogen-bond acceptors (Lipinski definition) is 0. The molecule has 0 N–H and O–H groups in total. The van der Waals surface area contributed by atoms with Crippen LogP contribution in [-0.2, 0) is 0 Å². The first-order valence-electron chi connectivity index (χ1n) is 2.91. The zero-order valence-corrected chi connectivity index (χ0v) is 10.2. The Balaban J connectivity index is -0.0000000125. The van der Waals surface area contributed by atoms with Gasteiger partial charge in [0.1, 0.15) is 0 Å². The van der Waals surface area contributed by atoms with Crippen LogP contribution in [0.2, 0.25) is 0 Å². The molecule has 0 spiro atoms. The standard InChI is InChI=1S/C6H14.C.4ClH/c1-3-5-6-4-2;;;;;/h3-6H2,1-2H3;;4*1H. The monoisotopic (exact) mass is 242 g/mol. The highest BCUT2D eigenvalue weighted by Crippen LogP contribution is 1.95. The fraction of sp³-hybridized carbons (Fsp3) is 0.857. The third-order valence-corrected chi connectivity index (χ3v) is 0.957. The summed E-state index contributed by atoms with van der Waals surface area (Å²) in [5.41, 5.74) is 0. The Morgan fingerprint density at radius 2 is 0.818 bits per heavy atom. The number of unbranched alkanes of at least 4 members (excludes halogenated alkanes) is 3. The Hall–Kier alpha value is 1.16. The summed E-state index contributed by atoms with van der Waals surface area (Å²) < 4.78 is 0. The first kappa shape index (κ1) is 39.9. The summed E-state index contributed by atoms with van der Waals surface area (Å²) in [7, 11) is 0. The predicted octanol–water partition coefficient (Wildman–Crippen LogP) is 4.36. The molecule has 0 heterocycles. The molecule has 0 aromatic heterocycles. The van der Waals surface area contributed by atoms with Gasteiger partial charge in [0.05, 0.1) is 0 Å². The quantitative estimate of drug-likeness (QED) is 0.647. The van der Waals surface area contributed by atoms with Crippen molar-refractivity contribution in [2.45, 2.75) is 39.5 Å². The lowest BCUT2D eigenvalue weighted by Gasteiger charge is -1.86. The van der Waals surface area contributed by atoms with E-state index in [0.717, 1.165) is 0 Å². The Morgan fingerprint density at radius 1 is 0.636 bits per heavy atom. The van der Waals surface area contributed by atoms with Gasteiger partial charge in [-0.05, 0) is 0 Å². The zero-order chi connectivity index (χ0) is 4.83. The summed E-state index contributed by atoms with van der Waals surface area (Å²) >= 11 is 0. The van der Waals surface area contributed by atoms with Gasteiger partial charge in [-0.3, -0.25) is 0 Å². The van der Waals surface area contributed by atoms with Gasteiger partial charge < -0.3 is 0 Å². The summed E-state index contributed by atoms with van der Waals surface area (Å²) in [6.45, 7) is 4.46. The van der Waals surface area contributed by atoms with E-state index in [2.05, 4.69) is 13.8 Å². The van der Waals surface area contributed by atoms with Gasteiger partial charge >= 0.3 is 0 Å². The van der Waals surface area contributed by atoms with E-state index in [-0.39, 0.29) is 57.1 Å². The molecule has 0 aliphatic rings. The van der Waals surface area contributed by atoms with E-state index in [0.29, 0.717) is 0 Å². The Kier molecular flexibility index (Phi) is 157. The molecule has 0 bridgehead atoms. The lowest BCUT2D eigenvalue weighted by molar-refractivity contribution is 0.702. The number of rotatable bonds is 3. The van der Waals surface area contributed by atoms with E-state index >= 15 is 0 Å². The third-order valence-electron chi connectivity index (χ3n) is 0.957. The van der Waals surface area contributed by atoms with Crippen molar-refractivity contribution < 1.29 is 0 Å². The van der Waals surface area contributed by atoms with E-state index in [1.54, 1.807) is 0 Å². The molecule has 0 aliphatic carbocycles. The maximum Gasteiger partial charge on any atom is 0 e. The van der Waals surface area contributed by atoms with Crippen LogP contribution in [0.1, 0.15) is 39.5 Å². The van der Waals surface area contributed by atoms with Gasteiger partial charge in [-0.25, -0.2) is 0 Å².